The molecule has 0 spiro atoms. The van der Waals surface area contributed by atoms with Crippen molar-refractivity contribution in [3.05, 3.63) is 71.3 Å². The molecule has 21 heavy (non-hydrogen) atoms. The van der Waals surface area contributed by atoms with Gasteiger partial charge in [0.05, 0.1) is 18.2 Å². The van der Waals surface area contributed by atoms with Gasteiger partial charge in [-0.05, 0) is 24.1 Å². The normalized spacial score (nSPS) is 29.5. The quantitative estimate of drug-likeness (QED) is 0.758. The van der Waals surface area contributed by atoms with Gasteiger partial charge in [-0.25, -0.2) is 0 Å². The summed E-state index contributed by atoms with van der Waals surface area (Å²) in [4.78, 5) is 2.48. The minimum absolute atomic E-state index is 0.0633. The highest BCUT2D eigenvalue weighted by atomic mass is 79.9. The zero-order chi connectivity index (χ0) is 14.7. The molecule has 2 aliphatic rings. The third-order valence-electron chi connectivity index (χ3n) is 4.33. The monoisotopic (exact) mass is 345 g/mol. The fourth-order valence-corrected chi connectivity index (χ4v) is 3.31. The SMILES string of the molecule is C=C[C@@]1(N2CCO[C@H](c3ccc(Br)cc3)C2)C=CC=CC1. The molecular formula is C18H20BrNO. The molecule has 0 N–H and O–H groups in total. The Labute approximate surface area is 134 Å². The van der Waals surface area contributed by atoms with Crippen molar-refractivity contribution in [2.24, 2.45) is 0 Å². The first-order valence-corrected chi connectivity index (χ1v) is 8.13. The summed E-state index contributed by atoms with van der Waals surface area (Å²) in [7, 11) is 0. The molecule has 0 radical (unpaired) electrons. The molecule has 1 aromatic carbocycles. The summed E-state index contributed by atoms with van der Waals surface area (Å²) in [5.41, 5.74) is 1.17. The minimum Gasteiger partial charge on any atom is -0.371 e. The van der Waals surface area contributed by atoms with Crippen LogP contribution in [0, 0.1) is 0 Å². The molecule has 0 unspecified atom stereocenters. The number of halogens is 1. The molecule has 0 bridgehead atoms. The standard InChI is InChI=1S/C18H20BrNO/c1-2-18(10-4-3-5-11-18)20-12-13-21-17(14-20)15-6-8-16(19)9-7-15/h2-10,17H,1,11-14H2/t17-,18+/m0/s1. The summed E-state index contributed by atoms with van der Waals surface area (Å²) in [6.07, 6.45) is 11.9. The Morgan fingerprint density at radius 3 is 2.76 bits per heavy atom. The van der Waals surface area contributed by atoms with E-state index < -0.39 is 0 Å². The summed E-state index contributed by atoms with van der Waals surface area (Å²) >= 11 is 3.48. The second-order valence-electron chi connectivity index (χ2n) is 5.54. The fourth-order valence-electron chi connectivity index (χ4n) is 3.05. The average molecular weight is 346 g/mol. The van der Waals surface area contributed by atoms with E-state index in [1.807, 2.05) is 0 Å². The van der Waals surface area contributed by atoms with Crippen LogP contribution in [0.1, 0.15) is 18.1 Å². The number of allylic oxidation sites excluding steroid dienone is 2. The maximum atomic E-state index is 5.98. The lowest BCUT2D eigenvalue weighted by molar-refractivity contribution is -0.0511. The Hall–Kier alpha value is -1.16. The van der Waals surface area contributed by atoms with Gasteiger partial charge in [-0.2, -0.15) is 0 Å². The van der Waals surface area contributed by atoms with Crippen LogP contribution in [0.3, 0.4) is 0 Å². The molecule has 110 valence electrons. The van der Waals surface area contributed by atoms with E-state index in [0.29, 0.717) is 0 Å². The lowest BCUT2D eigenvalue weighted by atomic mass is 9.88. The highest BCUT2D eigenvalue weighted by Gasteiger charge is 2.35. The molecule has 3 rings (SSSR count). The van der Waals surface area contributed by atoms with Crippen molar-refractivity contribution in [3.8, 4) is 0 Å². The van der Waals surface area contributed by atoms with Gasteiger partial charge in [-0.1, -0.05) is 58.4 Å². The van der Waals surface area contributed by atoms with E-state index in [2.05, 4.69) is 82.1 Å². The first kappa shape index (κ1) is 14.8. The molecule has 3 heteroatoms. The van der Waals surface area contributed by atoms with Crippen molar-refractivity contribution >= 4 is 15.9 Å². The number of ether oxygens (including phenoxy) is 1. The number of nitrogens with zero attached hydrogens (tertiary/aromatic N) is 1. The number of benzene rings is 1. The number of hydrogen-bond donors (Lipinski definition) is 0. The maximum absolute atomic E-state index is 5.98. The van der Waals surface area contributed by atoms with Crippen LogP contribution in [0.2, 0.25) is 0 Å². The average Bonchev–Trinajstić information content (AvgIpc) is 2.56. The Balaban J connectivity index is 1.79. The highest BCUT2D eigenvalue weighted by molar-refractivity contribution is 9.10. The Kier molecular flexibility index (Phi) is 4.43. The molecule has 0 aromatic heterocycles. The second kappa shape index (κ2) is 6.30. The molecule has 1 aliphatic carbocycles. The Morgan fingerprint density at radius 2 is 2.10 bits per heavy atom. The van der Waals surface area contributed by atoms with Crippen LogP contribution in [0.15, 0.2) is 65.7 Å². The van der Waals surface area contributed by atoms with Crippen LogP contribution in [0.5, 0.6) is 0 Å². The van der Waals surface area contributed by atoms with E-state index in [1.54, 1.807) is 0 Å². The molecule has 1 saturated heterocycles. The molecular weight excluding hydrogens is 326 g/mol. The summed E-state index contributed by atoms with van der Waals surface area (Å²) < 4.78 is 7.08. The summed E-state index contributed by atoms with van der Waals surface area (Å²) in [6, 6.07) is 8.42. The fraction of sp³-hybridized carbons (Fsp3) is 0.333. The Bertz CT molecular complexity index is 563. The maximum Gasteiger partial charge on any atom is 0.0952 e. The molecule has 2 nitrogen and oxygen atoms in total. The molecule has 0 saturated carbocycles. The van der Waals surface area contributed by atoms with Gasteiger partial charge in [0, 0.05) is 17.6 Å². The topological polar surface area (TPSA) is 12.5 Å². The van der Waals surface area contributed by atoms with Crippen molar-refractivity contribution in [2.45, 2.75) is 18.1 Å². The molecule has 1 aliphatic heterocycles. The van der Waals surface area contributed by atoms with Gasteiger partial charge >= 0.3 is 0 Å². The first-order chi connectivity index (χ1) is 10.2. The van der Waals surface area contributed by atoms with Crippen molar-refractivity contribution in [1.29, 1.82) is 0 Å². The van der Waals surface area contributed by atoms with E-state index in [4.69, 9.17) is 4.74 Å². The van der Waals surface area contributed by atoms with E-state index in [0.717, 1.165) is 30.6 Å². The van der Waals surface area contributed by atoms with Gasteiger partial charge in [0.15, 0.2) is 0 Å². The number of morpholine rings is 1. The van der Waals surface area contributed by atoms with E-state index in [-0.39, 0.29) is 11.6 Å². The largest absolute Gasteiger partial charge is 0.371 e. The van der Waals surface area contributed by atoms with Crippen LogP contribution >= 0.6 is 15.9 Å². The van der Waals surface area contributed by atoms with Crippen molar-refractivity contribution in [3.63, 3.8) is 0 Å². The van der Waals surface area contributed by atoms with Crippen molar-refractivity contribution < 1.29 is 4.74 Å². The van der Waals surface area contributed by atoms with Crippen LogP contribution in [-0.2, 0) is 4.74 Å². The third kappa shape index (κ3) is 3.05. The Morgan fingerprint density at radius 1 is 1.29 bits per heavy atom. The lowest BCUT2D eigenvalue weighted by Gasteiger charge is -2.44. The first-order valence-electron chi connectivity index (χ1n) is 7.34. The van der Waals surface area contributed by atoms with Crippen LogP contribution in [0.25, 0.3) is 0 Å². The highest BCUT2D eigenvalue weighted by Crippen LogP contribution is 2.32. The third-order valence-corrected chi connectivity index (χ3v) is 4.86. The van der Waals surface area contributed by atoms with Gasteiger partial charge in [-0.3, -0.25) is 4.90 Å². The zero-order valence-electron chi connectivity index (χ0n) is 12.0. The van der Waals surface area contributed by atoms with E-state index in [1.165, 1.54) is 5.56 Å². The predicted octanol–water partition coefficient (Wildman–Crippen LogP) is 4.26. The van der Waals surface area contributed by atoms with Crippen LogP contribution < -0.4 is 0 Å². The van der Waals surface area contributed by atoms with Gasteiger partial charge in [0.25, 0.3) is 0 Å². The molecule has 0 amide bonds. The van der Waals surface area contributed by atoms with E-state index in [9.17, 15) is 0 Å². The zero-order valence-corrected chi connectivity index (χ0v) is 13.6. The van der Waals surface area contributed by atoms with Gasteiger partial charge in [0.1, 0.15) is 0 Å². The second-order valence-corrected chi connectivity index (χ2v) is 6.46. The number of rotatable bonds is 3. The van der Waals surface area contributed by atoms with Crippen molar-refractivity contribution in [2.75, 3.05) is 19.7 Å². The predicted molar refractivity (Wildman–Crippen MR) is 90.2 cm³/mol. The van der Waals surface area contributed by atoms with E-state index >= 15 is 0 Å². The van der Waals surface area contributed by atoms with Gasteiger partial charge < -0.3 is 4.74 Å². The van der Waals surface area contributed by atoms with Crippen molar-refractivity contribution in [1.82, 2.24) is 4.90 Å². The van der Waals surface area contributed by atoms with Crippen LogP contribution in [0.4, 0.5) is 0 Å². The van der Waals surface area contributed by atoms with Gasteiger partial charge in [-0.15, -0.1) is 6.58 Å². The summed E-state index contributed by atoms with van der Waals surface area (Å²) in [5.74, 6) is 0. The van der Waals surface area contributed by atoms with Crippen LogP contribution in [-0.4, -0.2) is 30.1 Å². The number of hydrogen-bond acceptors (Lipinski definition) is 2. The smallest absolute Gasteiger partial charge is 0.0952 e. The summed E-state index contributed by atoms with van der Waals surface area (Å²) in [6.45, 7) is 6.66. The molecule has 1 aromatic rings. The molecule has 1 fully saturated rings. The molecule has 1 heterocycles. The molecule has 2 atom stereocenters. The lowest BCUT2D eigenvalue weighted by Crippen LogP contribution is -2.52. The van der Waals surface area contributed by atoms with Gasteiger partial charge in [0.2, 0.25) is 0 Å². The summed E-state index contributed by atoms with van der Waals surface area (Å²) in [5, 5.41) is 0. The minimum atomic E-state index is -0.0633.